The van der Waals surface area contributed by atoms with Gasteiger partial charge in [0.2, 0.25) is 0 Å². The molecule has 1 aromatic rings. The summed E-state index contributed by atoms with van der Waals surface area (Å²) in [5.41, 5.74) is 1.15. The average Bonchev–Trinajstić information content (AvgIpc) is 2.04. The van der Waals surface area contributed by atoms with Gasteiger partial charge in [0.1, 0.15) is 0 Å². The van der Waals surface area contributed by atoms with Crippen molar-refractivity contribution in [2.75, 3.05) is 0 Å². The first-order chi connectivity index (χ1) is 6.02. The summed E-state index contributed by atoms with van der Waals surface area (Å²) in [7, 11) is 0. The maximum atomic E-state index is 4.32. The quantitative estimate of drug-likeness (QED) is 0.763. The van der Waals surface area contributed by atoms with Gasteiger partial charge in [-0.1, -0.05) is 36.7 Å². The number of alkyl halides is 1. The lowest BCUT2D eigenvalue weighted by molar-refractivity contribution is 0.466. The Morgan fingerprint density at radius 1 is 1.46 bits per heavy atom. The van der Waals surface area contributed by atoms with Gasteiger partial charge >= 0.3 is 0 Å². The zero-order valence-corrected chi connectivity index (χ0v) is 9.87. The molecule has 0 saturated heterocycles. The molecule has 72 valence electrons. The van der Waals surface area contributed by atoms with Crippen molar-refractivity contribution in [3.05, 3.63) is 24.3 Å². The van der Waals surface area contributed by atoms with Crippen LogP contribution in [-0.2, 0) is 5.41 Å². The van der Waals surface area contributed by atoms with Crippen LogP contribution in [0.3, 0.4) is 0 Å². The van der Waals surface area contributed by atoms with E-state index in [0.717, 1.165) is 12.1 Å². The van der Waals surface area contributed by atoms with Gasteiger partial charge in [-0.05, 0) is 6.42 Å². The summed E-state index contributed by atoms with van der Waals surface area (Å²) in [6.07, 6.45) is 6.36. The summed E-state index contributed by atoms with van der Waals surface area (Å²) in [5, 5.41) is 0. The third kappa shape index (κ3) is 3.07. The van der Waals surface area contributed by atoms with Crippen molar-refractivity contribution in [3.63, 3.8) is 0 Å². The van der Waals surface area contributed by atoms with Crippen molar-refractivity contribution in [2.24, 2.45) is 0 Å². The largest absolute Gasteiger partial charge is 0.261 e. The van der Waals surface area contributed by atoms with Crippen molar-refractivity contribution in [1.29, 1.82) is 0 Å². The first-order valence-electron chi connectivity index (χ1n) is 4.43. The molecule has 0 radical (unpaired) electrons. The number of rotatable bonds is 3. The highest BCUT2D eigenvalue weighted by Crippen LogP contribution is 2.28. The van der Waals surface area contributed by atoms with Crippen LogP contribution in [0.25, 0.3) is 0 Å². The molecule has 3 heteroatoms. The highest BCUT2D eigenvalue weighted by atomic mass is 79.9. The molecule has 0 bridgehead atoms. The zero-order chi connectivity index (χ0) is 9.90. The van der Waals surface area contributed by atoms with Crippen LogP contribution >= 0.6 is 15.9 Å². The molecule has 1 atom stereocenters. The number of hydrogen-bond acceptors (Lipinski definition) is 2. The lowest BCUT2D eigenvalue weighted by atomic mass is 9.85. The number of hydrogen-bond donors (Lipinski definition) is 0. The maximum absolute atomic E-state index is 4.32. The molecule has 0 spiro atoms. The third-order valence-corrected chi connectivity index (χ3v) is 2.37. The van der Waals surface area contributed by atoms with Gasteiger partial charge in [-0.25, -0.2) is 0 Å². The summed E-state index contributed by atoms with van der Waals surface area (Å²) >= 11 is 3.56. The van der Waals surface area contributed by atoms with Gasteiger partial charge < -0.3 is 0 Å². The van der Waals surface area contributed by atoms with Crippen molar-refractivity contribution in [3.8, 4) is 0 Å². The third-order valence-electron chi connectivity index (χ3n) is 2.05. The predicted octanol–water partition coefficient (Wildman–Crippen LogP) is 2.93. The fourth-order valence-corrected chi connectivity index (χ4v) is 2.27. The molecule has 1 unspecified atom stereocenters. The van der Waals surface area contributed by atoms with Gasteiger partial charge in [0.15, 0.2) is 0 Å². The lowest BCUT2D eigenvalue weighted by Gasteiger charge is -2.24. The molecule has 1 heterocycles. The summed E-state index contributed by atoms with van der Waals surface area (Å²) in [4.78, 5) is 8.90. The molecule has 0 aliphatic rings. The van der Waals surface area contributed by atoms with E-state index in [1.807, 2.05) is 6.20 Å². The van der Waals surface area contributed by atoms with E-state index in [2.05, 4.69) is 46.7 Å². The summed E-state index contributed by atoms with van der Waals surface area (Å²) in [5.74, 6) is 0. The molecule has 0 aliphatic carbocycles. The van der Waals surface area contributed by atoms with E-state index in [0.29, 0.717) is 4.83 Å². The molecule has 0 saturated carbocycles. The molecule has 0 fully saturated rings. The SMILES string of the molecule is CC(Br)CC(C)(C)c1cnccn1. The Morgan fingerprint density at radius 2 is 2.15 bits per heavy atom. The lowest BCUT2D eigenvalue weighted by Crippen LogP contribution is -2.22. The summed E-state index contributed by atoms with van der Waals surface area (Å²) in [6.45, 7) is 6.53. The van der Waals surface area contributed by atoms with E-state index < -0.39 is 0 Å². The van der Waals surface area contributed by atoms with Gasteiger partial charge in [-0.3, -0.25) is 9.97 Å². The number of nitrogens with zero attached hydrogens (tertiary/aromatic N) is 2. The Hall–Kier alpha value is -0.440. The van der Waals surface area contributed by atoms with E-state index >= 15 is 0 Å². The van der Waals surface area contributed by atoms with Crippen LogP contribution in [-0.4, -0.2) is 14.8 Å². The zero-order valence-electron chi connectivity index (χ0n) is 8.29. The Kier molecular flexibility index (Phi) is 3.42. The second-order valence-electron chi connectivity index (χ2n) is 3.96. The van der Waals surface area contributed by atoms with Crippen LogP contribution in [0.4, 0.5) is 0 Å². The Labute approximate surface area is 87.9 Å². The van der Waals surface area contributed by atoms with E-state index in [-0.39, 0.29) is 5.41 Å². The number of halogens is 1. The molecular formula is C10H15BrN2. The van der Waals surface area contributed by atoms with Gasteiger partial charge in [0, 0.05) is 28.8 Å². The van der Waals surface area contributed by atoms with Crippen LogP contribution < -0.4 is 0 Å². The molecule has 0 aromatic carbocycles. The Balaban J connectivity index is 2.81. The smallest absolute Gasteiger partial charge is 0.0643 e. The van der Waals surface area contributed by atoms with Crippen LogP contribution in [0.15, 0.2) is 18.6 Å². The molecule has 13 heavy (non-hydrogen) atoms. The monoisotopic (exact) mass is 242 g/mol. The highest BCUT2D eigenvalue weighted by Gasteiger charge is 2.23. The second kappa shape index (κ2) is 4.18. The minimum atomic E-state index is 0.0944. The Morgan fingerprint density at radius 3 is 2.62 bits per heavy atom. The maximum Gasteiger partial charge on any atom is 0.0643 e. The Bertz CT molecular complexity index is 257. The van der Waals surface area contributed by atoms with Crippen LogP contribution in [0, 0.1) is 0 Å². The molecule has 2 nitrogen and oxygen atoms in total. The molecule has 1 aromatic heterocycles. The molecule has 1 rings (SSSR count). The van der Waals surface area contributed by atoms with E-state index in [9.17, 15) is 0 Å². The minimum Gasteiger partial charge on any atom is -0.261 e. The van der Waals surface area contributed by atoms with Gasteiger partial charge in [0.05, 0.1) is 5.69 Å². The first kappa shape index (κ1) is 10.6. The number of aromatic nitrogens is 2. The molecule has 0 N–H and O–H groups in total. The normalized spacial score (nSPS) is 14.2. The predicted molar refractivity (Wildman–Crippen MR) is 58.1 cm³/mol. The van der Waals surface area contributed by atoms with Crippen molar-refractivity contribution >= 4 is 15.9 Å². The average molecular weight is 243 g/mol. The fraction of sp³-hybridized carbons (Fsp3) is 0.600. The molecular weight excluding hydrogens is 228 g/mol. The van der Waals surface area contributed by atoms with Crippen LogP contribution in [0.5, 0.6) is 0 Å². The van der Waals surface area contributed by atoms with Crippen molar-refractivity contribution < 1.29 is 0 Å². The van der Waals surface area contributed by atoms with E-state index in [1.54, 1.807) is 12.4 Å². The van der Waals surface area contributed by atoms with E-state index in [4.69, 9.17) is 0 Å². The second-order valence-corrected chi connectivity index (χ2v) is 5.52. The van der Waals surface area contributed by atoms with Gasteiger partial charge in [-0.15, -0.1) is 0 Å². The fourth-order valence-electron chi connectivity index (χ4n) is 1.46. The van der Waals surface area contributed by atoms with Crippen LogP contribution in [0.1, 0.15) is 32.9 Å². The topological polar surface area (TPSA) is 25.8 Å². The molecule has 0 aliphatic heterocycles. The first-order valence-corrected chi connectivity index (χ1v) is 5.34. The van der Waals surface area contributed by atoms with Gasteiger partial charge in [0.25, 0.3) is 0 Å². The van der Waals surface area contributed by atoms with Crippen LogP contribution in [0.2, 0.25) is 0 Å². The summed E-state index contributed by atoms with van der Waals surface area (Å²) in [6, 6.07) is 0. The highest BCUT2D eigenvalue weighted by molar-refractivity contribution is 9.09. The van der Waals surface area contributed by atoms with Gasteiger partial charge in [-0.2, -0.15) is 0 Å². The summed E-state index contributed by atoms with van der Waals surface area (Å²) < 4.78 is 0. The van der Waals surface area contributed by atoms with Crippen molar-refractivity contribution in [1.82, 2.24) is 9.97 Å². The standard InChI is InChI=1S/C10H15BrN2/c1-8(11)6-10(2,3)9-7-12-4-5-13-9/h4-5,7-8H,6H2,1-3H3. The van der Waals surface area contributed by atoms with Crippen molar-refractivity contribution in [2.45, 2.75) is 37.4 Å². The van der Waals surface area contributed by atoms with E-state index in [1.165, 1.54) is 0 Å². The minimum absolute atomic E-state index is 0.0944. The molecule has 0 amide bonds.